The lowest BCUT2D eigenvalue weighted by Gasteiger charge is -2.38. The highest BCUT2D eigenvalue weighted by molar-refractivity contribution is 6.21. The van der Waals surface area contributed by atoms with Gasteiger partial charge >= 0.3 is 0 Å². The minimum atomic E-state index is -3.02. The highest BCUT2D eigenvalue weighted by Crippen LogP contribution is 2.40. The summed E-state index contributed by atoms with van der Waals surface area (Å²) in [6, 6.07) is 10.1. The fourth-order valence-electron chi connectivity index (χ4n) is 4.85. The zero-order valence-electron chi connectivity index (χ0n) is 18.7. The summed E-state index contributed by atoms with van der Waals surface area (Å²) >= 11 is 0. The lowest BCUT2D eigenvalue weighted by molar-refractivity contribution is -0.0327. The fourth-order valence-corrected chi connectivity index (χ4v) is 4.85. The highest BCUT2D eigenvalue weighted by Gasteiger charge is 2.44. The Hall–Kier alpha value is -3.89. The van der Waals surface area contributed by atoms with Crippen molar-refractivity contribution in [3.8, 4) is 0 Å². The molecule has 1 unspecified atom stereocenters. The first-order chi connectivity index (χ1) is 16.9. The normalized spacial score (nSPS) is 21.4. The van der Waals surface area contributed by atoms with Gasteiger partial charge in [0.25, 0.3) is 17.7 Å². The van der Waals surface area contributed by atoms with Crippen molar-refractivity contribution >= 4 is 29.4 Å². The van der Waals surface area contributed by atoms with Gasteiger partial charge in [-0.2, -0.15) is 10.1 Å². The number of piperidine rings is 1. The predicted octanol–water partition coefficient (Wildman–Crippen LogP) is 3.58. The van der Waals surface area contributed by atoms with Crippen LogP contribution in [0.5, 0.6) is 0 Å². The number of halogens is 2. The van der Waals surface area contributed by atoms with Crippen molar-refractivity contribution in [2.45, 2.75) is 31.1 Å². The van der Waals surface area contributed by atoms with Gasteiger partial charge in [-0.1, -0.05) is 12.1 Å². The van der Waals surface area contributed by atoms with Crippen molar-refractivity contribution in [3.63, 3.8) is 0 Å². The molecule has 35 heavy (non-hydrogen) atoms. The van der Waals surface area contributed by atoms with E-state index in [0.29, 0.717) is 28.7 Å². The van der Waals surface area contributed by atoms with Gasteiger partial charge in [0.1, 0.15) is 5.82 Å². The molecule has 1 saturated heterocycles. The van der Waals surface area contributed by atoms with Crippen molar-refractivity contribution in [1.29, 1.82) is 0 Å². The number of nitrogens with one attached hydrogen (secondary N) is 2. The molecule has 1 atom stereocenters. The third-order valence-electron chi connectivity index (χ3n) is 6.60. The summed E-state index contributed by atoms with van der Waals surface area (Å²) < 4.78 is 29.5. The number of amides is 2. The number of hydrogen-bond donors (Lipinski definition) is 2. The van der Waals surface area contributed by atoms with Gasteiger partial charge in [-0.3, -0.25) is 19.6 Å². The number of aromatic nitrogens is 4. The van der Waals surface area contributed by atoms with E-state index in [1.54, 1.807) is 30.3 Å². The number of nitrogens with zero attached hydrogens (tertiary/aromatic N) is 5. The number of anilines is 3. The second-order valence-corrected chi connectivity index (χ2v) is 9.42. The standard InChI is InChI=1S/C24H23F2N7O2/c25-24(26)10-14(12-33-21(34)16-3-1-2-4-17(16)22(33)35)11-32(13-24)23-27-8-7-19(29-23)28-20-9-18(30-31-20)15-5-6-15/h1-4,7-9,14-15H,5-6,10-13H2,(H2,27,28,29,30,31). The number of carbonyl (C=O) groups is 2. The molecule has 180 valence electrons. The van der Waals surface area contributed by atoms with E-state index >= 15 is 0 Å². The Morgan fingerprint density at radius 2 is 1.83 bits per heavy atom. The van der Waals surface area contributed by atoms with E-state index in [0.717, 1.165) is 23.4 Å². The van der Waals surface area contributed by atoms with Crippen molar-refractivity contribution in [3.05, 3.63) is 59.4 Å². The molecular formula is C24H23F2N7O2. The summed E-state index contributed by atoms with van der Waals surface area (Å²) in [6.07, 6.45) is 3.37. The largest absolute Gasteiger partial charge is 0.334 e. The third-order valence-corrected chi connectivity index (χ3v) is 6.60. The summed E-state index contributed by atoms with van der Waals surface area (Å²) in [7, 11) is 0. The van der Waals surface area contributed by atoms with E-state index in [-0.39, 0.29) is 19.0 Å². The molecular weight excluding hydrogens is 456 g/mol. The number of rotatable bonds is 6. The van der Waals surface area contributed by atoms with E-state index in [1.165, 1.54) is 11.1 Å². The van der Waals surface area contributed by atoms with Gasteiger partial charge in [0.05, 0.1) is 17.7 Å². The Kier molecular flexibility index (Phi) is 5.01. The Morgan fingerprint density at radius 1 is 1.09 bits per heavy atom. The van der Waals surface area contributed by atoms with E-state index in [4.69, 9.17) is 0 Å². The maximum Gasteiger partial charge on any atom is 0.265 e. The van der Waals surface area contributed by atoms with Crippen LogP contribution in [0.4, 0.5) is 26.4 Å². The van der Waals surface area contributed by atoms with Gasteiger partial charge < -0.3 is 10.2 Å². The van der Waals surface area contributed by atoms with Gasteiger partial charge in [-0.25, -0.2) is 13.8 Å². The maximum atomic E-state index is 14.7. The van der Waals surface area contributed by atoms with Gasteiger partial charge in [0.15, 0.2) is 5.82 Å². The fraction of sp³-hybridized carbons (Fsp3) is 0.375. The smallest absolute Gasteiger partial charge is 0.265 e. The molecule has 1 saturated carbocycles. The van der Waals surface area contributed by atoms with Gasteiger partial charge in [0.2, 0.25) is 5.95 Å². The lowest BCUT2D eigenvalue weighted by atomic mass is 9.94. The van der Waals surface area contributed by atoms with Crippen LogP contribution in [0.25, 0.3) is 0 Å². The van der Waals surface area contributed by atoms with Crippen LogP contribution in [-0.2, 0) is 0 Å². The molecule has 0 spiro atoms. The van der Waals surface area contributed by atoms with Crippen LogP contribution in [0.15, 0.2) is 42.6 Å². The van der Waals surface area contributed by atoms with Crippen LogP contribution >= 0.6 is 0 Å². The molecule has 11 heteroatoms. The van der Waals surface area contributed by atoms with E-state index in [9.17, 15) is 18.4 Å². The van der Waals surface area contributed by atoms with Crippen LogP contribution in [-0.4, -0.2) is 62.4 Å². The Bertz CT molecular complexity index is 1270. The number of H-pyrrole nitrogens is 1. The zero-order valence-corrected chi connectivity index (χ0v) is 18.7. The molecule has 0 bridgehead atoms. The van der Waals surface area contributed by atoms with Crippen LogP contribution in [0.3, 0.4) is 0 Å². The number of imide groups is 1. The minimum Gasteiger partial charge on any atom is -0.334 e. The molecule has 0 radical (unpaired) electrons. The summed E-state index contributed by atoms with van der Waals surface area (Å²) in [4.78, 5) is 36.6. The van der Waals surface area contributed by atoms with Gasteiger partial charge in [0, 0.05) is 49.3 Å². The van der Waals surface area contributed by atoms with Crippen molar-refractivity contribution in [1.82, 2.24) is 25.1 Å². The zero-order chi connectivity index (χ0) is 24.2. The van der Waals surface area contributed by atoms with Crippen molar-refractivity contribution in [2.75, 3.05) is 29.9 Å². The number of aromatic amines is 1. The Balaban J connectivity index is 1.18. The monoisotopic (exact) mass is 479 g/mol. The van der Waals surface area contributed by atoms with Crippen molar-refractivity contribution < 1.29 is 18.4 Å². The Labute approximate surface area is 199 Å². The molecule has 2 amide bonds. The second-order valence-electron chi connectivity index (χ2n) is 9.42. The number of alkyl halides is 2. The molecule has 6 rings (SSSR count). The number of benzene rings is 1. The first-order valence-electron chi connectivity index (χ1n) is 11.6. The number of fused-ring (bicyclic) bond motifs is 1. The molecule has 1 aliphatic carbocycles. The minimum absolute atomic E-state index is 0.0897. The Morgan fingerprint density at radius 3 is 2.54 bits per heavy atom. The quantitative estimate of drug-likeness (QED) is 0.521. The molecule has 2 aliphatic heterocycles. The summed E-state index contributed by atoms with van der Waals surface area (Å²) in [5.41, 5.74) is 1.68. The topological polar surface area (TPSA) is 107 Å². The highest BCUT2D eigenvalue weighted by atomic mass is 19.3. The van der Waals surface area contributed by atoms with Crippen LogP contribution in [0, 0.1) is 5.92 Å². The number of carbonyl (C=O) groups excluding carboxylic acids is 2. The molecule has 3 aromatic rings. The maximum absolute atomic E-state index is 14.7. The lowest BCUT2D eigenvalue weighted by Crippen LogP contribution is -2.51. The molecule has 4 heterocycles. The third kappa shape index (κ3) is 4.22. The first-order valence-corrected chi connectivity index (χ1v) is 11.6. The molecule has 9 nitrogen and oxygen atoms in total. The average Bonchev–Trinajstić information content (AvgIpc) is 3.54. The summed E-state index contributed by atoms with van der Waals surface area (Å²) in [5.74, 6) is -2.83. The second kappa shape index (κ2) is 8.10. The van der Waals surface area contributed by atoms with Gasteiger partial charge in [-0.15, -0.1) is 0 Å². The first kappa shape index (κ1) is 21.6. The van der Waals surface area contributed by atoms with Crippen LogP contribution in [0.2, 0.25) is 0 Å². The molecule has 3 aliphatic rings. The van der Waals surface area contributed by atoms with Gasteiger partial charge in [-0.05, 0) is 31.0 Å². The molecule has 2 aromatic heterocycles. The summed E-state index contributed by atoms with van der Waals surface area (Å²) in [5, 5.41) is 10.3. The van der Waals surface area contributed by atoms with E-state index in [1.807, 2.05) is 6.07 Å². The summed E-state index contributed by atoms with van der Waals surface area (Å²) in [6.45, 7) is -0.433. The van der Waals surface area contributed by atoms with Crippen molar-refractivity contribution in [2.24, 2.45) is 5.92 Å². The predicted molar refractivity (Wildman–Crippen MR) is 123 cm³/mol. The van der Waals surface area contributed by atoms with Crippen LogP contribution in [0.1, 0.15) is 51.6 Å². The average molecular weight is 479 g/mol. The molecule has 1 aromatic carbocycles. The SMILES string of the molecule is O=C1c2ccccc2C(=O)N1CC1CN(c2nccc(Nc3cc(C4CC4)[nH]n3)n2)CC(F)(F)C1. The van der Waals surface area contributed by atoms with E-state index in [2.05, 4.69) is 25.5 Å². The van der Waals surface area contributed by atoms with Crippen LogP contribution < -0.4 is 10.2 Å². The molecule has 2 N–H and O–H groups in total. The number of hydrogen-bond acceptors (Lipinski definition) is 7. The van der Waals surface area contributed by atoms with E-state index < -0.39 is 36.6 Å². The molecule has 2 fully saturated rings.